The Balaban J connectivity index is 0.00000264. The molecule has 1 aliphatic heterocycles. The lowest BCUT2D eigenvalue weighted by molar-refractivity contribution is -0.136. The van der Waals surface area contributed by atoms with E-state index in [1.165, 1.54) is 11.1 Å². The third kappa shape index (κ3) is 4.95. The lowest BCUT2D eigenvalue weighted by Crippen LogP contribution is -2.50. The largest absolute Gasteiger partial charge is 0.338 e. The summed E-state index contributed by atoms with van der Waals surface area (Å²) < 4.78 is 0. The second-order valence-corrected chi connectivity index (χ2v) is 7.53. The molecule has 3 nitrogen and oxygen atoms in total. The Kier molecular flexibility index (Phi) is 7.09. The van der Waals surface area contributed by atoms with Gasteiger partial charge in [-0.25, -0.2) is 0 Å². The number of nitrogens with zero attached hydrogens (tertiary/aromatic N) is 1. The third-order valence-electron chi connectivity index (χ3n) is 5.00. The molecule has 2 unspecified atom stereocenters. The molecule has 0 bridgehead atoms. The molecule has 1 heterocycles. The summed E-state index contributed by atoms with van der Waals surface area (Å²) in [5, 5.41) is 0. The van der Waals surface area contributed by atoms with Crippen molar-refractivity contribution < 1.29 is 4.79 Å². The molecule has 0 aliphatic carbocycles. The number of carbonyl (C=O) groups is 1. The number of amides is 1. The molecule has 2 rings (SSSR count). The summed E-state index contributed by atoms with van der Waals surface area (Å²) in [5.74, 6) is 0.913. The molecule has 1 amide bonds. The summed E-state index contributed by atoms with van der Waals surface area (Å²) in [4.78, 5) is 14.8. The van der Waals surface area contributed by atoms with Crippen LogP contribution in [0.4, 0.5) is 0 Å². The van der Waals surface area contributed by atoms with E-state index in [1.807, 2.05) is 4.90 Å². The van der Waals surface area contributed by atoms with Gasteiger partial charge >= 0.3 is 0 Å². The third-order valence-corrected chi connectivity index (χ3v) is 5.00. The predicted octanol–water partition coefficient (Wildman–Crippen LogP) is 3.67. The molecule has 0 spiro atoms. The summed E-state index contributed by atoms with van der Waals surface area (Å²) in [6.45, 7) is 10.1. The van der Waals surface area contributed by atoms with Gasteiger partial charge in [0.15, 0.2) is 0 Å². The maximum absolute atomic E-state index is 12.8. The van der Waals surface area contributed by atoms with Crippen LogP contribution in [0.5, 0.6) is 0 Å². The predicted molar refractivity (Wildman–Crippen MR) is 99.0 cm³/mol. The molecule has 2 N–H and O–H groups in total. The van der Waals surface area contributed by atoms with Crippen molar-refractivity contribution in [3.8, 4) is 0 Å². The van der Waals surface area contributed by atoms with Crippen LogP contribution in [0.25, 0.3) is 0 Å². The number of piperidine rings is 1. The molecule has 1 aromatic rings. The highest BCUT2D eigenvalue weighted by Crippen LogP contribution is 2.30. The van der Waals surface area contributed by atoms with Gasteiger partial charge in [-0.2, -0.15) is 0 Å². The zero-order chi connectivity index (χ0) is 16.3. The lowest BCUT2D eigenvalue weighted by Gasteiger charge is -2.39. The van der Waals surface area contributed by atoms with Gasteiger partial charge in [0.2, 0.25) is 5.91 Å². The second kappa shape index (κ2) is 8.16. The fourth-order valence-electron chi connectivity index (χ4n) is 3.39. The molecule has 130 valence electrons. The molecule has 0 radical (unpaired) electrons. The van der Waals surface area contributed by atoms with E-state index in [0.717, 1.165) is 19.4 Å². The Morgan fingerprint density at radius 3 is 2.48 bits per heavy atom. The monoisotopic (exact) mass is 338 g/mol. The van der Waals surface area contributed by atoms with E-state index in [9.17, 15) is 4.79 Å². The summed E-state index contributed by atoms with van der Waals surface area (Å²) in [7, 11) is 0. The summed E-state index contributed by atoms with van der Waals surface area (Å²) >= 11 is 0. The van der Waals surface area contributed by atoms with E-state index in [2.05, 4.69) is 52.0 Å². The number of carbonyl (C=O) groups excluding carboxylic acids is 1. The van der Waals surface area contributed by atoms with Crippen molar-refractivity contribution >= 4 is 18.3 Å². The number of likely N-dealkylation sites (tertiary alicyclic amines) is 1. The van der Waals surface area contributed by atoms with Crippen LogP contribution in [-0.2, 0) is 10.2 Å². The van der Waals surface area contributed by atoms with Crippen LogP contribution >= 0.6 is 12.4 Å². The van der Waals surface area contributed by atoms with Crippen molar-refractivity contribution in [3.63, 3.8) is 0 Å². The van der Waals surface area contributed by atoms with Gasteiger partial charge < -0.3 is 10.6 Å². The highest BCUT2D eigenvalue weighted by Gasteiger charge is 2.32. The zero-order valence-electron chi connectivity index (χ0n) is 14.8. The number of hydrogen-bond donors (Lipinski definition) is 1. The average Bonchev–Trinajstić information content (AvgIpc) is 2.46. The fraction of sp³-hybridized carbons (Fsp3) is 0.632. The Morgan fingerprint density at radius 1 is 1.30 bits per heavy atom. The van der Waals surface area contributed by atoms with Crippen LogP contribution in [0.15, 0.2) is 24.3 Å². The van der Waals surface area contributed by atoms with Crippen molar-refractivity contribution in [2.24, 2.45) is 11.7 Å². The minimum atomic E-state index is -0.146. The van der Waals surface area contributed by atoms with Crippen LogP contribution in [0.3, 0.4) is 0 Å². The Bertz CT molecular complexity index is 513. The fourth-order valence-corrected chi connectivity index (χ4v) is 3.39. The molecule has 1 fully saturated rings. The average molecular weight is 339 g/mol. The first-order chi connectivity index (χ1) is 10.3. The van der Waals surface area contributed by atoms with Gasteiger partial charge in [-0.15, -0.1) is 12.4 Å². The van der Waals surface area contributed by atoms with Crippen LogP contribution in [0.2, 0.25) is 0 Å². The van der Waals surface area contributed by atoms with Gasteiger partial charge in [-0.3, -0.25) is 4.79 Å². The summed E-state index contributed by atoms with van der Waals surface area (Å²) in [6, 6.07) is 8.73. The first-order valence-electron chi connectivity index (χ1n) is 8.40. The van der Waals surface area contributed by atoms with E-state index >= 15 is 0 Å². The molecule has 0 aromatic heterocycles. The quantitative estimate of drug-likeness (QED) is 0.910. The van der Waals surface area contributed by atoms with Crippen molar-refractivity contribution in [3.05, 3.63) is 35.4 Å². The van der Waals surface area contributed by atoms with Crippen LogP contribution in [0.1, 0.15) is 51.2 Å². The summed E-state index contributed by atoms with van der Waals surface area (Å²) in [6.07, 6.45) is 2.67. The number of aryl methyl sites for hydroxylation is 1. The van der Waals surface area contributed by atoms with E-state index in [0.29, 0.717) is 18.9 Å². The van der Waals surface area contributed by atoms with Crippen molar-refractivity contribution in [1.29, 1.82) is 0 Å². The van der Waals surface area contributed by atoms with Gasteiger partial charge in [0, 0.05) is 25.6 Å². The highest BCUT2D eigenvalue weighted by atomic mass is 35.5. The minimum absolute atomic E-state index is 0. The zero-order valence-corrected chi connectivity index (χ0v) is 15.7. The molecule has 1 saturated heterocycles. The summed E-state index contributed by atoms with van der Waals surface area (Å²) in [5.41, 5.74) is 8.22. The highest BCUT2D eigenvalue weighted by molar-refractivity contribution is 5.85. The molecule has 4 heteroatoms. The van der Waals surface area contributed by atoms with E-state index in [4.69, 9.17) is 5.73 Å². The van der Waals surface area contributed by atoms with Gasteiger partial charge in [0.05, 0.1) is 0 Å². The molecule has 1 aliphatic rings. The molecular formula is C19H31ClN2O. The lowest BCUT2D eigenvalue weighted by atomic mass is 9.80. The Morgan fingerprint density at radius 2 is 1.91 bits per heavy atom. The minimum Gasteiger partial charge on any atom is -0.338 e. The smallest absolute Gasteiger partial charge is 0.223 e. The van der Waals surface area contributed by atoms with Gasteiger partial charge in [-0.1, -0.05) is 50.6 Å². The van der Waals surface area contributed by atoms with Crippen molar-refractivity contribution in [2.75, 3.05) is 13.1 Å². The van der Waals surface area contributed by atoms with Crippen LogP contribution in [0, 0.1) is 12.8 Å². The van der Waals surface area contributed by atoms with Gasteiger partial charge in [0.1, 0.15) is 0 Å². The van der Waals surface area contributed by atoms with Gasteiger partial charge in [0.25, 0.3) is 0 Å². The molecule has 2 atom stereocenters. The standard InChI is InChI=1S/C19H30N2O.ClH/c1-14-5-7-16(8-6-14)19(3,4)12-18(22)21-10-9-15(2)11-17(21)13-20;/h5-8,15,17H,9-13,20H2,1-4H3;1H. The maximum atomic E-state index is 12.8. The Labute approximate surface area is 147 Å². The number of benzene rings is 1. The van der Waals surface area contributed by atoms with Crippen molar-refractivity contribution in [2.45, 2.75) is 58.4 Å². The number of nitrogens with two attached hydrogens (primary N) is 1. The number of hydrogen-bond acceptors (Lipinski definition) is 2. The molecular weight excluding hydrogens is 308 g/mol. The van der Waals surface area contributed by atoms with E-state index in [1.54, 1.807) is 0 Å². The number of halogens is 1. The Hall–Kier alpha value is -1.06. The van der Waals surface area contributed by atoms with E-state index in [-0.39, 0.29) is 29.8 Å². The normalized spacial score (nSPS) is 21.7. The first-order valence-corrected chi connectivity index (χ1v) is 8.40. The first kappa shape index (κ1) is 20.0. The molecule has 0 saturated carbocycles. The maximum Gasteiger partial charge on any atom is 0.223 e. The number of rotatable bonds is 4. The second-order valence-electron chi connectivity index (χ2n) is 7.53. The van der Waals surface area contributed by atoms with Crippen LogP contribution < -0.4 is 5.73 Å². The van der Waals surface area contributed by atoms with Crippen LogP contribution in [-0.4, -0.2) is 29.9 Å². The van der Waals surface area contributed by atoms with Crippen molar-refractivity contribution in [1.82, 2.24) is 4.90 Å². The molecule has 23 heavy (non-hydrogen) atoms. The molecule has 1 aromatic carbocycles. The SMILES string of the molecule is Cc1ccc(C(C)(C)CC(=O)N2CCC(C)CC2CN)cc1.Cl. The topological polar surface area (TPSA) is 46.3 Å². The van der Waals surface area contributed by atoms with Gasteiger partial charge in [-0.05, 0) is 36.7 Å². The van der Waals surface area contributed by atoms with E-state index < -0.39 is 0 Å².